The van der Waals surface area contributed by atoms with Crippen molar-refractivity contribution in [2.24, 2.45) is 11.3 Å². The normalized spacial score (nSPS) is 18.4. The number of nitriles is 1. The Labute approximate surface area is 177 Å². The Balaban J connectivity index is 2.08. The highest BCUT2D eigenvalue weighted by Gasteiger charge is 2.32. The molecule has 0 spiro atoms. The van der Waals surface area contributed by atoms with Gasteiger partial charge in [-0.3, -0.25) is 19.5 Å². The van der Waals surface area contributed by atoms with Gasteiger partial charge in [-0.15, -0.1) is 0 Å². The van der Waals surface area contributed by atoms with Gasteiger partial charge in [0.25, 0.3) is 5.91 Å². The molecule has 3 atom stereocenters. The fourth-order valence-electron chi connectivity index (χ4n) is 3.38. The maximum absolute atomic E-state index is 12.9. The number of aromatic amines is 1. The van der Waals surface area contributed by atoms with Crippen LogP contribution < -0.4 is 16.0 Å². The second-order valence-corrected chi connectivity index (χ2v) is 9.35. The lowest BCUT2D eigenvalue weighted by atomic mass is 9.87. The van der Waals surface area contributed by atoms with Crippen molar-refractivity contribution in [3.8, 4) is 6.07 Å². The number of carbonyl (C=O) groups excluding carboxylic acids is 3. The van der Waals surface area contributed by atoms with Crippen LogP contribution in [0.15, 0.2) is 6.07 Å². The van der Waals surface area contributed by atoms with E-state index in [0.29, 0.717) is 19.4 Å². The number of hydrogen-bond donors (Lipinski definition) is 4. The molecule has 1 aromatic heterocycles. The van der Waals surface area contributed by atoms with Crippen LogP contribution in [0, 0.1) is 22.7 Å². The Morgan fingerprint density at radius 3 is 2.53 bits per heavy atom. The molecule has 1 aliphatic rings. The van der Waals surface area contributed by atoms with E-state index in [1.54, 1.807) is 6.07 Å². The lowest BCUT2D eigenvalue weighted by molar-refractivity contribution is -0.125. The van der Waals surface area contributed by atoms with Crippen molar-refractivity contribution in [2.45, 2.75) is 71.9 Å². The molecule has 3 amide bonds. The van der Waals surface area contributed by atoms with E-state index >= 15 is 0 Å². The molecule has 0 aliphatic carbocycles. The minimum absolute atomic E-state index is 0.0933. The summed E-state index contributed by atoms with van der Waals surface area (Å²) < 4.78 is 0. The van der Waals surface area contributed by atoms with Crippen LogP contribution in [0.5, 0.6) is 0 Å². The standard InChI is InChI=1S/C21H32N6O3/c1-12(2)15-9-16(27-26-15)19(29)25-17(10-21(3,4)5)20(30)24-14(11-22)8-13-6-7-23-18(13)28/h9,12-14,17H,6-8,10H2,1-5H3,(H,23,28)(H,24,30)(H,25,29)(H,26,27)/t13-,14-,17-/m0/s1. The second-order valence-electron chi connectivity index (χ2n) is 9.35. The van der Waals surface area contributed by atoms with Gasteiger partial charge in [0.05, 0.1) is 11.8 Å². The van der Waals surface area contributed by atoms with E-state index in [2.05, 4.69) is 32.2 Å². The molecule has 164 valence electrons. The Kier molecular flexibility index (Phi) is 7.59. The van der Waals surface area contributed by atoms with Gasteiger partial charge in [0.1, 0.15) is 17.8 Å². The van der Waals surface area contributed by atoms with Gasteiger partial charge in [-0.25, -0.2) is 0 Å². The molecule has 1 aliphatic heterocycles. The molecule has 0 aromatic carbocycles. The molecule has 1 aromatic rings. The Morgan fingerprint density at radius 2 is 2.03 bits per heavy atom. The molecule has 1 saturated heterocycles. The number of rotatable bonds is 8. The van der Waals surface area contributed by atoms with E-state index in [-0.39, 0.29) is 35.3 Å². The first-order valence-corrected chi connectivity index (χ1v) is 10.3. The van der Waals surface area contributed by atoms with Crippen molar-refractivity contribution in [3.05, 3.63) is 17.5 Å². The van der Waals surface area contributed by atoms with Crippen LogP contribution in [0.4, 0.5) is 0 Å². The number of amides is 3. The van der Waals surface area contributed by atoms with Crippen molar-refractivity contribution in [1.82, 2.24) is 26.1 Å². The molecular weight excluding hydrogens is 384 g/mol. The molecule has 9 nitrogen and oxygen atoms in total. The minimum Gasteiger partial charge on any atom is -0.356 e. The number of nitrogens with zero attached hydrogens (tertiary/aromatic N) is 2. The summed E-state index contributed by atoms with van der Waals surface area (Å²) in [6, 6.07) is 2.10. The zero-order valence-electron chi connectivity index (χ0n) is 18.3. The predicted molar refractivity (Wildman–Crippen MR) is 111 cm³/mol. The summed E-state index contributed by atoms with van der Waals surface area (Å²) in [6.45, 7) is 10.4. The third-order valence-electron chi connectivity index (χ3n) is 5.03. The van der Waals surface area contributed by atoms with E-state index in [9.17, 15) is 19.6 Å². The van der Waals surface area contributed by atoms with E-state index in [1.807, 2.05) is 34.6 Å². The largest absolute Gasteiger partial charge is 0.356 e. The van der Waals surface area contributed by atoms with E-state index in [0.717, 1.165) is 5.69 Å². The Morgan fingerprint density at radius 1 is 1.33 bits per heavy atom. The topological polar surface area (TPSA) is 140 Å². The highest BCUT2D eigenvalue weighted by Crippen LogP contribution is 2.22. The first-order chi connectivity index (χ1) is 14.0. The summed E-state index contributed by atoms with van der Waals surface area (Å²) in [5.74, 6) is -1.08. The maximum Gasteiger partial charge on any atom is 0.269 e. The quantitative estimate of drug-likeness (QED) is 0.510. The number of carbonyl (C=O) groups is 3. The van der Waals surface area contributed by atoms with Gasteiger partial charge in [-0.2, -0.15) is 10.4 Å². The van der Waals surface area contributed by atoms with Gasteiger partial charge in [0, 0.05) is 12.5 Å². The van der Waals surface area contributed by atoms with E-state index in [1.165, 1.54) is 0 Å². The molecule has 0 bridgehead atoms. The molecule has 0 radical (unpaired) electrons. The average Bonchev–Trinajstić information content (AvgIpc) is 3.29. The highest BCUT2D eigenvalue weighted by atomic mass is 16.2. The summed E-state index contributed by atoms with van der Waals surface area (Å²) in [4.78, 5) is 37.4. The number of H-pyrrole nitrogens is 1. The van der Waals surface area contributed by atoms with Crippen LogP contribution in [0.1, 0.15) is 76.0 Å². The molecule has 0 saturated carbocycles. The van der Waals surface area contributed by atoms with Crippen LogP contribution in [-0.2, 0) is 9.59 Å². The predicted octanol–water partition coefficient (Wildman–Crippen LogP) is 1.60. The zero-order valence-corrected chi connectivity index (χ0v) is 18.3. The molecule has 9 heteroatoms. The fourth-order valence-corrected chi connectivity index (χ4v) is 3.38. The lowest BCUT2D eigenvalue weighted by Gasteiger charge is -2.27. The van der Waals surface area contributed by atoms with Crippen molar-refractivity contribution in [1.29, 1.82) is 5.26 Å². The fraction of sp³-hybridized carbons (Fsp3) is 0.667. The summed E-state index contributed by atoms with van der Waals surface area (Å²) in [6.07, 6.45) is 1.29. The number of hydrogen-bond acceptors (Lipinski definition) is 5. The summed E-state index contributed by atoms with van der Waals surface area (Å²) in [7, 11) is 0. The van der Waals surface area contributed by atoms with E-state index < -0.39 is 23.9 Å². The Hall–Kier alpha value is -2.89. The van der Waals surface area contributed by atoms with Gasteiger partial charge in [0.15, 0.2) is 0 Å². The van der Waals surface area contributed by atoms with Crippen LogP contribution in [0.25, 0.3) is 0 Å². The van der Waals surface area contributed by atoms with Gasteiger partial charge in [0.2, 0.25) is 11.8 Å². The van der Waals surface area contributed by atoms with Gasteiger partial charge in [-0.05, 0) is 36.7 Å². The number of aromatic nitrogens is 2. The molecular formula is C21H32N6O3. The van der Waals surface area contributed by atoms with Crippen LogP contribution in [0.2, 0.25) is 0 Å². The minimum atomic E-state index is -0.823. The first kappa shape index (κ1) is 23.4. The van der Waals surface area contributed by atoms with Crippen molar-refractivity contribution in [3.63, 3.8) is 0 Å². The van der Waals surface area contributed by atoms with Gasteiger partial charge >= 0.3 is 0 Å². The van der Waals surface area contributed by atoms with Crippen molar-refractivity contribution in [2.75, 3.05) is 6.54 Å². The average molecular weight is 417 g/mol. The first-order valence-electron chi connectivity index (χ1n) is 10.3. The van der Waals surface area contributed by atoms with E-state index in [4.69, 9.17) is 0 Å². The molecule has 4 N–H and O–H groups in total. The SMILES string of the molecule is CC(C)c1cc(C(=O)N[C@@H](CC(C)(C)C)C(=O)N[C@H](C#N)C[C@@H]2CCNC2=O)[nH]n1. The summed E-state index contributed by atoms with van der Waals surface area (Å²) in [5.41, 5.74) is 0.807. The summed E-state index contributed by atoms with van der Waals surface area (Å²) >= 11 is 0. The lowest BCUT2D eigenvalue weighted by Crippen LogP contribution is -2.51. The van der Waals surface area contributed by atoms with Crippen LogP contribution in [0.3, 0.4) is 0 Å². The second kappa shape index (κ2) is 9.74. The Bertz CT molecular complexity index is 817. The third-order valence-corrected chi connectivity index (χ3v) is 5.03. The number of nitrogens with one attached hydrogen (secondary N) is 4. The van der Waals surface area contributed by atoms with Gasteiger partial charge in [-0.1, -0.05) is 34.6 Å². The smallest absolute Gasteiger partial charge is 0.269 e. The maximum atomic E-state index is 12.9. The monoisotopic (exact) mass is 416 g/mol. The van der Waals surface area contributed by atoms with Crippen LogP contribution in [-0.4, -0.2) is 46.5 Å². The summed E-state index contributed by atoms with van der Waals surface area (Å²) in [5, 5.41) is 24.5. The van der Waals surface area contributed by atoms with Gasteiger partial charge < -0.3 is 16.0 Å². The molecule has 2 rings (SSSR count). The molecule has 0 unspecified atom stereocenters. The van der Waals surface area contributed by atoms with Crippen molar-refractivity contribution >= 4 is 17.7 Å². The molecule has 2 heterocycles. The highest BCUT2D eigenvalue weighted by molar-refractivity contribution is 5.96. The molecule has 30 heavy (non-hydrogen) atoms. The zero-order chi connectivity index (χ0) is 22.5. The molecule has 1 fully saturated rings. The van der Waals surface area contributed by atoms with Crippen molar-refractivity contribution < 1.29 is 14.4 Å². The third kappa shape index (κ3) is 6.58. The van der Waals surface area contributed by atoms with Crippen LogP contribution >= 0.6 is 0 Å².